The number of carbonyl (C=O) groups excluding carboxylic acids is 1. The fourth-order valence-corrected chi connectivity index (χ4v) is 1.64. The number of thiophene rings is 1. The van der Waals surface area contributed by atoms with Crippen LogP contribution in [0.2, 0.25) is 0 Å². The molecule has 4 heteroatoms. The zero-order chi connectivity index (χ0) is 8.97. The van der Waals surface area contributed by atoms with Crippen molar-refractivity contribution >= 4 is 17.2 Å². The van der Waals surface area contributed by atoms with Crippen LogP contribution in [0.1, 0.15) is 11.3 Å². The van der Waals surface area contributed by atoms with Crippen molar-refractivity contribution in [1.29, 1.82) is 0 Å². The second-order valence-electron chi connectivity index (χ2n) is 2.40. The Morgan fingerprint density at radius 3 is 3.00 bits per heavy atom. The largest absolute Gasteiger partial charge is 0.507 e. The van der Waals surface area contributed by atoms with Crippen LogP contribution in [-0.4, -0.2) is 18.1 Å². The number of nitrogens with one attached hydrogen (secondary N) is 1. The van der Waals surface area contributed by atoms with Gasteiger partial charge in [-0.05, 0) is 17.9 Å². The maximum atomic E-state index is 10.8. The van der Waals surface area contributed by atoms with Crippen LogP contribution in [0, 0.1) is 0 Å². The van der Waals surface area contributed by atoms with Gasteiger partial charge in [0.25, 0.3) is 0 Å². The molecule has 0 unspecified atom stereocenters. The molecule has 0 aliphatic carbocycles. The Kier molecular flexibility index (Phi) is 3.10. The van der Waals surface area contributed by atoms with E-state index in [1.54, 1.807) is 13.1 Å². The molecule has 0 fully saturated rings. The first-order valence-electron chi connectivity index (χ1n) is 3.70. The highest BCUT2D eigenvalue weighted by Crippen LogP contribution is 2.24. The molecule has 1 amide bonds. The van der Waals surface area contributed by atoms with E-state index in [9.17, 15) is 9.90 Å². The maximum Gasteiger partial charge on any atom is 0.220 e. The van der Waals surface area contributed by atoms with Crippen molar-refractivity contribution in [2.24, 2.45) is 0 Å². The highest BCUT2D eigenvalue weighted by molar-refractivity contribution is 7.10. The van der Waals surface area contributed by atoms with E-state index in [1.165, 1.54) is 11.3 Å². The lowest BCUT2D eigenvalue weighted by molar-refractivity contribution is -0.120. The molecular formula is C8H11NO2S. The molecule has 0 bridgehead atoms. The number of hydrogen-bond acceptors (Lipinski definition) is 3. The first-order valence-corrected chi connectivity index (χ1v) is 4.58. The summed E-state index contributed by atoms with van der Waals surface area (Å²) in [7, 11) is 1.61. The quantitative estimate of drug-likeness (QED) is 0.741. The molecule has 1 heterocycles. The molecule has 0 spiro atoms. The summed E-state index contributed by atoms with van der Waals surface area (Å²) < 4.78 is 0. The predicted molar refractivity (Wildman–Crippen MR) is 48.4 cm³/mol. The zero-order valence-electron chi connectivity index (χ0n) is 6.83. The van der Waals surface area contributed by atoms with Crippen LogP contribution in [-0.2, 0) is 11.2 Å². The van der Waals surface area contributed by atoms with E-state index in [0.717, 1.165) is 4.88 Å². The molecule has 3 nitrogen and oxygen atoms in total. The first-order chi connectivity index (χ1) is 5.74. The molecule has 12 heavy (non-hydrogen) atoms. The number of hydrogen-bond donors (Lipinski definition) is 2. The molecule has 1 aromatic rings. The standard InChI is InChI=1S/C8H11NO2S/c1-9-8(11)3-2-7-6(10)4-5-12-7/h4-5,10H,2-3H2,1H3,(H,9,11). The van der Waals surface area contributed by atoms with Gasteiger partial charge in [-0.25, -0.2) is 0 Å². The molecule has 0 aliphatic heterocycles. The van der Waals surface area contributed by atoms with Crippen LogP contribution in [0.5, 0.6) is 5.75 Å². The molecule has 0 aromatic carbocycles. The van der Waals surface area contributed by atoms with Crippen molar-refractivity contribution in [2.45, 2.75) is 12.8 Å². The fourth-order valence-electron chi connectivity index (χ4n) is 0.873. The Hall–Kier alpha value is -1.03. The summed E-state index contributed by atoms with van der Waals surface area (Å²) in [6.07, 6.45) is 1.05. The summed E-state index contributed by atoms with van der Waals surface area (Å²) in [5.41, 5.74) is 0. The third-order valence-corrected chi connectivity index (χ3v) is 2.55. The number of carbonyl (C=O) groups is 1. The Morgan fingerprint density at radius 2 is 2.50 bits per heavy atom. The maximum absolute atomic E-state index is 10.8. The van der Waals surface area contributed by atoms with E-state index < -0.39 is 0 Å². The second-order valence-corrected chi connectivity index (χ2v) is 3.40. The molecule has 2 N–H and O–H groups in total. The van der Waals surface area contributed by atoms with E-state index >= 15 is 0 Å². The van der Waals surface area contributed by atoms with Crippen LogP contribution in [0.25, 0.3) is 0 Å². The molecule has 0 saturated heterocycles. The predicted octanol–water partition coefficient (Wildman–Crippen LogP) is 1.13. The lowest BCUT2D eigenvalue weighted by Gasteiger charge is -1.97. The monoisotopic (exact) mass is 185 g/mol. The summed E-state index contributed by atoms with van der Waals surface area (Å²) in [6.45, 7) is 0. The Labute approximate surface area is 75.0 Å². The van der Waals surface area contributed by atoms with Gasteiger partial charge in [0.15, 0.2) is 0 Å². The van der Waals surface area contributed by atoms with E-state index in [2.05, 4.69) is 5.32 Å². The number of rotatable bonds is 3. The van der Waals surface area contributed by atoms with Crippen LogP contribution < -0.4 is 5.32 Å². The number of amides is 1. The van der Waals surface area contributed by atoms with Gasteiger partial charge in [-0.3, -0.25) is 4.79 Å². The van der Waals surface area contributed by atoms with Crippen molar-refractivity contribution in [3.05, 3.63) is 16.3 Å². The van der Waals surface area contributed by atoms with Crippen LogP contribution in [0.3, 0.4) is 0 Å². The van der Waals surface area contributed by atoms with Crippen molar-refractivity contribution in [1.82, 2.24) is 5.32 Å². The SMILES string of the molecule is CNC(=O)CCc1sccc1O. The molecule has 0 aliphatic rings. The van der Waals surface area contributed by atoms with E-state index in [0.29, 0.717) is 18.6 Å². The van der Waals surface area contributed by atoms with Gasteiger partial charge in [0.05, 0.1) is 0 Å². The summed E-state index contributed by atoms with van der Waals surface area (Å²) in [5.74, 6) is 0.298. The van der Waals surface area contributed by atoms with Crippen LogP contribution >= 0.6 is 11.3 Å². The molecule has 0 radical (unpaired) electrons. The first kappa shape index (κ1) is 9.06. The second kappa shape index (κ2) is 4.11. The average Bonchev–Trinajstić information content (AvgIpc) is 2.47. The highest BCUT2D eigenvalue weighted by Gasteiger charge is 2.04. The Balaban J connectivity index is 2.43. The van der Waals surface area contributed by atoms with Crippen molar-refractivity contribution < 1.29 is 9.90 Å². The Bertz CT molecular complexity index is 270. The van der Waals surface area contributed by atoms with Gasteiger partial charge in [-0.1, -0.05) is 0 Å². The van der Waals surface area contributed by atoms with Gasteiger partial charge in [-0.2, -0.15) is 0 Å². The van der Waals surface area contributed by atoms with E-state index in [-0.39, 0.29) is 5.91 Å². The van der Waals surface area contributed by atoms with Gasteiger partial charge in [0.1, 0.15) is 5.75 Å². The average molecular weight is 185 g/mol. The number of aromatic hydroxyl groups is 1. The lowest BCUT2D eigenvalue weighted by Crippen LogP contribution is -2.17. The Morgan fingerprint density at radius 1 is 1.75 bits per heavy atom. The smallest absolute Gasteiger partial charge is 0.220 e. The zero-order valence-corrected chi connectivity index (χ0v) is 7.65. The lowest BCUT2D eigenvalue weighted by atomic mass is 10.2. The normalized spacial score (nSPS) is 9.75. The molecule has 1 rings (SSSR count). The molecular weight excluding hydrogens is 174 g/mol. The molecule has 0 atom stereocenters. The van der Waals surface area contributed by atoms with E-state index in [4.69, 9.17) is 0 Å². The topological polar surface area (TPSA) is 49.3 Å². The van der Waals surface area contributed by atoms with Crippen molar-refractivity contribution in [3.8, 4) is 5.75 Å². The van der Waals surface area contributed by atoms with Gasteiger partial charge >= 0.3 is 0 Å². The highest BCUT2D eigenvalue weighted by atomic mass is 32.1. The van der Waals surface area contributed by atoms with Gasteiger partial charge in [-0.15, -0.1) is 11.3 Å². The number of aryl methyl sites for hydroxylation is 1. The summed E-state index contributed by atoms with van der Waals surface area (Å²) >= 11 is 1.47. The third-order valence-electron chi connectivity index (χ3n) is 1.58. The molecule has 66 valence electrons. The minimum Gasteiger partial charge on any atom is -0.507 e. The van der Waals surface area contributed by atoms with Crippen molar-refractivity contribution in [2.75, 3.05) is 7.05 Å². The third kappa shape index (κ3) is 2.23. The summed E-state index contributed by atoms with van der Waals surface area (Å²) in [6, 6.07) is 1.64. The van der Waals surface area contributed by atoms with Crippen LogP contribution in [0.4, 0.5) is 0 Å². The van der Waals surface area contributed by atoms with Crippen molar-refractivity contribution in [3.63, 3.8) is 0 Å². The van der Waals surface area contributed by atoms with Gasteiger partial charge < -0.3 is 10.4 Å². The van der Waals surface area contributed by atoms with Crippen LogP contribution in [0.15, 0.2) is 11.4 Å². The van der Waals surface area contributed by atoms with E-state index in [1.807, 2.05) is 5.38 Å². The minimum atomic E-state index is 0.00259. The van der Waals surface area contributed by atoms with Gasteiger partial charge in [0, 0.05) is 18.3 Å². The van der Waals surface area contributed by atoms with Gasteiger partial charge in [0.2, 0.25) is 5.91 Å². The fraction of sp³-hybridized carbons (Fsp3) is 0.375. The summed E-state index contributed by atoms with van der Waals surface area (Å²) in [5, 5.41) is 13.6. The molecule has 0 saturated carbocycles. The molecule has 1 aromatic heterocycles. The summed E-state index contributed by atoms with van der Waals surface area (Å²) in [4.78, 5) is 11.7. The minimum absolute atomic E-state index is 0.00259.